The molecule has 1 unspecified atom stereocenters. The van der Waals surface area contributed by atoms with Gasteiger partial charge < -0.3 is 10.1 Å². The molecule has 1 atom stereocenters. The van der Waals surface area contributed by atoms with E-state index in [2.05, 4.69) is 15.8 Å². The monoisotopic (exact) mass is 365 g/mol. The van der Waals surface area contributed by atoms with Crippen LogP contribution in [0.1, 0.15) is 42.3 Å². The maximum Gasteiger partial charge on any atom is 0.428 e. The third-order valence-electron chi connectivity index (χ3n) is 4.06. The minimum absolute atomic E-state index is 0.182. The van der Waals surface area contributed by atoms with Crippen molar-refractivity contribution in [3.63, 3.8) is 0 Å². The second-order valence-electron chi connectivity index (χ2n) is 7.36. The van der Waals surface area contributed by atoms with Crippen molar-refractivity contribution in [2.24, 2.45) is 5.10 Å². The predicted molar refractivity (Wildman–Crippen MR) is 104 cm³/mol. The second-order valence-corrected chi connectivity index (χ2v) is 7.36. The van der Waals surface area contributed by atoms with Gasteiger partial charge in [0.1, 0.15) is 5.60 Å². The highest BCUT2D eigenvalue weighted by Gasteiger charge is 2.30. The topological polar surface area (TPSA) is 79.8 Å². The molecule has 0 bridgehead atoms. The van der Waals surface area contributed by atoms with E-state index >= 15 is 0 Å². The van der Waals surface area contributed by atoms with Gasteiger partial charge in [0, 0.05) is 11.1 Å². The predicted octanol–water partition coefficient (Wildman–Crippen LogP) is 3.27. The molecule has 2 aromatic rings. The zero-order valence-electron chi connectivity index (χ0n) is 15.7. The fraction of sp³-hybridized carbons (Fsp3) is 0.286. The third-order valence-corrected chi connectivity index (χ3v) is 4.06. The Kier molecular flexibility index (Phi) is 5.26. The van der Waals surface area contributed by atoms with Crippen molar-refractivity contribution in [2.45, 2.75) is 38.8 Å². The average Bonchev–Trinajstić information content (AvgIpc) is 2.96. The Morgan fingerprint density at radius 3 is 2.41 bits per heavy atom. The van der Waals surface area contributed by atoms with Gasteiger partial charge >= 0.3 is 6.09 Å². The molecule has 2 amide bonds. The lowest BCUT2D eigenvalue weighted by molar-refractivity contribution is 0.0529. The normalized spacial score (nSPS) is 17.3. The molecule has 0 spiro atoms. The van der Waals surface area contributed by atoms with E-state index in [1.807, 2.05) is 42.5 Å². The van der Waals surface area contributed by atoms with Crippen LogP contribution in [0.5, 0.6) is 0 Å². The molecule has 3 rings (SSSR count). The van der Waals surface area contributed by atoms with Gasteiger partial charge in [-0.2, -0.15) is 5.10 Å². The average molecular weight is 365 g/mol. The lowest BCUT2D eigenvalue weighted by Crippen LogP contribution is -2.40. The van der Waals surface area contributed by atoms with Crippen LogP contribution in [-0.2, 0) is 11.2 Å². The molecule has 0 saturated carbocycles. The zero-order chi connectivity index (χ0) is 19.4. The number of hydrogen-bond acceptors (Lipinski definition) is 4. The Morgan fingerprint density at radius 2 is 1.70 bits per heavy atom. The number of carbonyl (C=O) groups excluding carboxylic acids is 2. The summed E-state index contributed by atoms with van der Waals surface area (Å²) in [5.41, 5.74) is 5.00. The molecular formula is C21H23N3O3. The minimum Gasteiger partial charge on any atom is -0.443 e. The fourth-order valence-electron chi connectivity index (χ4n) is 2.95. The van der Waals surface area contributed by atoms with E-state index in [1.54, 1.807) is 32.9 Å². The quantitative estimate of drug-likeness (QED) is 0.819. The van der Waals surface area contributed by atoms with Gasteiger partial charge in [-0.1, -0.05) is 42.5 Å². The molecule has 0 aromatic heterocycles. The summed E-state index contributed by atoms with van der Waals surface area (Å²) in [4.78, 5) is 24.5. The number of carbonyl (C=O) groups is 2. The van der Waals surface area contributed by atoms with Crippen molar-refractivity contribution in [1.82, 2.24) is 10.7 Å². The Labute approximate surface area is 158 Å². The molecule has 0 fully saturated rings. The highest BCUT2D eigenvalue weighted by Crippen LogP contribution is 2.23. The number of benzene rings is 2. The molecule has 140 valence electrons. The van der Waals surface area contributed by atoms with Gasteiger partial charge in [0.2, 0.25) is 0 Å². The summed E-state index contributed by atoms with van der Waals surface area (Å²) in [5, 5.41) is 7.26. The highest BCUT2D eigenvalue weighted by atomic mass is 16.6. The van der Waals surface area contributed by atoms with E-state index in [0.29, 0.717) is 17.7 Å². The number of nitrogens with zero attached hydrogens (tertiary/aromatic N) is 1. The largest absolute Gasteiger partial charge is 0.443 e. The first-order chi connectivity index (χ1) is 12.8. The summed E-state index contributed by atoms with van der Waals surface area (Å²) in [6, 6.07) is 16.5. The van der Waals surface area contributed by atoms with Crippen molar-refractivity contribution < 1.29 is 14.3 Å². The summed E-state index contributed by atoms with van der Waals surface area (Å²) < 4.78 is 5.23. The molecule has 0 heterocycles. The maximum absolute atomic E-state index is 12.5. The number of hydrazone groups is 1. The molecule has 0 radical (unpaired) electrons. The van der Waals surface area contributed by atoms with Crippen LogP contribution in [0, 0.1) is 0 Å². The molecule has 2 N–H and O–H groups in total. The summed E-state index contributed by atoms with van der Waals surface area (Å²) in [5.74, 6) is -0.182. The Morgan fingerprint density at radius 1 is 1.04 bits per heavy atom. The number of nitrogens with one attached hydrogen (secondary N) is 2. The third kappa shape index (κ3) is 4.73. The molecule has 1 aliphatic rings. The number of amides is 2. The number of fused-ring (bicyclic) bond motifs is 1. The number of hydrogen-bond donors (Lipinski definition) is 2. The van der Waals surface area contributed by atoms with E-state index in [-0.39, 0.29) is 11.9 Å². The minimum atomic E-state index is -0.632. The van der Waals surface area contributed by atoms with Gasteiger partial charge in [0.25, 0.3) is 5.91 Å². The summed E-state index contributed by atoms with van der Waals surface area (Å²) in [6.45, 7) is 5.36. The zero-order valence-corrected chi connectivity index (χ0v) is 15.7. The Hall–Kier alpha value is -3.15. The van der Waals surface area contributed by atoms with Crippen molar-refractivity contribution in [1.29, 1.82) is 0 Å². The van der Waals surface area contributed by atoms with Crippen molar-refractivity contribution in [3.05, 3.63) is 71.3 Å². The Balaban J connectivity index is 1.79. The first-order valence-corrected chi connectivity index (χ1v) is 8.84. The maximum atomic E-state index is 12.5. The lowest BCUT2D eigenvalue weighted by atomic mass is 10.1. The van der Waals surface area contributed by atoms with Crippen LogP contribution in [0.3, 0.4) is 0 Å². The van der Waals surface area contributed by atoms with Gasteiger partial charge in [-0.25, -0.2) is 10.2 Å². The molecule has 2 aromatic carbocycles. The van der Waals surface area contributed by atoms with E-state index in [1.165, 1.54) is 0 Å². The molecule has 6 nitrogen and oxygen atoms in total. The van der Waals surface area contributed by atoms with Crippen molar-refractivity contribution in [2.75, 3.05) is 0 Å². The summed E-state index contributed by atoms with van der Waals surface area (Å²) in [7, 11) is 0. The van der Waals surface area contributed by atoms with Crippen LogP contribution in [0.2, 0.25) is 0 Å². The number of rotatable bonds is 3. The van der Waals surface area contributed by atoms with Crippen LogP contribution >= 0.6 is 0 Å². The molecule has 27 heavy (non-hydrogen) atoms. The molecule has 6 heteroatoms. The molecule has 0 aliphatic heterocycles. The van der Waals surface area contributed by atoms with Crippen LogP contribution < -0.4 is 10.7 Å². The molecular weight excluding hydrogens is 342 g/mol. The second kappa shape index (κ2) is 7.61. The summed E-state index contributed by atoms with van der Waals surface area (Å²) in [6.07, 6.45) is -0.0173. The van der Waals surface area contributed by atoms with Gasteiger partial charge in [-0.3, -0.25) is 4.79 Å². The van der Waals surface area contributed by atoms with E-state index in [0.717, 1.165) is 11.1 Å². The smallest absolute Gasteiger partial charge is 0.428 e. The molecule has 1 aliphatic carbocycles. The Bertz CT molecular complexity index is 870. The van der Waals surface area contributed by atoms with E-state index in [9.17, 15) is 9.59 Å². The van der Waals surface area contributed by atoms with Gasteiger partial charge in [0.15, 0.2) is 0 Å². The SMILES string of the molecule is CC(C)(C)OC(=O)N/N=C1\c2ccccc2CC1NC(=O)c1ccccc1. The van der Waals surface area contributed by atoms with Crippen LogP contribution in [-0.4, -0.2) is 29.4 Å². The standard InChI is InChI=1S/C21H23N3O3/c1-21(2,3)27-20(26)24-23-18-16-12-8-7-11-15(16)13-17(18)22-19(25)14-9-5-4-6-10-14/h4-12,17H,13H2,1-3H3,(H,22,25)(H,24,26)/b23-18+. The van der Waals surface area contributed by atoms with Crippen LogP contribution in [0.4, 0.5) is 4.79 Å². The van der Waals surface area contributed by atoms with Gasteiger partial charge in [-0.05, 0) is 44.9 Å². The first-order valence-electron chi connectivity index (χ1n) is 8.84. The summed E-state index contributed by atoms with van der Waals surface area (Å²) >= 11 is 0. The van der Waals surface area contributed by atoms with Crippen LogP contribution in [0.25, 0.3) is 0 Å². The van der Waals surface area contributed by atoms with E-state index < -0.39 is 11.7 Å². The fourth-order valence-corrected chi connectivity index (χ4v) is 2.95. The lowest BCUT2D eigenvalue weighted by Gasteiger charge is -2.19. The van der Waals surface area contributed by atoms with Gasteiger partial charge in [-0.15, -0.1) is 0 Å². The van der Waals surface area contributed by atoms with Gasteiger partial charge in [0.05, 0.1) is 11.8 Å². The highest BCUT2D eigenvalue weighted by molar-refractivity contribution is 6.11. The number of ether oxygens (including phenoxy) is 1. The first kappa shape index (κ1) is 18.6. The van der Waals surface area contributed by atoms with Crippen molar-refractivity contribution >= 4 is 17.7 Å². The van der Waals surface area contributed by atoms with Crippen LogP contribution in [0.15, 0.2) is 59.7 Å². The molecule has 0 saturated heterocycles. The van der Waals surface area contributed by atoms with E-state index in [4.69, 9.17) is 4.74 Å². The van der Waals surface area contributed by atoms with Crippen molar-refractivity contribution in [3.8, 4) is 0 Å².